The molecular weight excluding hydrogens is 256 g/mol. The zero-order valence-corrected chi connectivity index (χ0v) is 10.3. The van der Waals surface area contributed by atoms with E-state index in [0.717, 1.165) is 0 Å². The number of carbonyl (C=O) groups excluding carboxylic acids is 2. The monoisotopic (exact) mass is 269 g/mol. The van der Waals surface area contributed by atoms with E-state index < -0.39 is 30.6 Å². The van der Waals surface area contributed by atoms with Gasteiger partial charge in [-0.05, 0) is 0 Å². The van der Waals surface area contributed by atoms with Gasteiger partial charge in [-0.3, -0.25) is 4.79 Å². The van der Waals surface area contributed by atoms with Crippen molar-refractivity contribution in [3.63, 3.8) is 0 Å². The van der Waals surface area contributed by atoms with E-state index in [9.17, 15) is 18.4 Å². The highest BCUT2D eigenvalue weighted by Crippen LogP contribution is 2.37. The van der Waals surface area contributed by atoms with Crippen molar-refractivity contribution in [3.8, 4) is 0 Å². The third-order valence-electron chi connectivity index (χ3n) is 3.02. The van der Waals surface area contributed by atoms with Crippen molar-refractivity contribution in [3.05, 3.63) is 35.9 Å². The van der Waals surface area contributed by atoms with Crippen LogP contribution < -0.4 is 0 Å². The maximum Gasteiger partial charge on any atom is 0.417 e. The Labute approximate surface area is 109 Å². The molecule has 1 aliphatic rings. The summed E-state index contributed by atoms with van der Waals surface area (Å²) in [5.74, 6) is -4.00. The molecule has 102 valence electrons. The molecule has 0 bridgehead atoms. The first kappa shape index (κ1) is 13.5. The summed E-state index contributed by atoms with van der Waals surface area (Å²) in [4.78, 5) is 23.5. The first-order valence-electron chi connectivity index (χ1n) is 5.90. The van der Waals surface area contributed by atoms with Gasteiger partial charge in [0.1, 0.15) is 12.6 Å². The van der Waals surface area contributed by atoms with Gasteiger partial charge in [0, 0.05) is 12.0 Å². The van der Waals surface area contributed by atoms with Gasteiger partial charge in [0.2, 0.25) is 5.91 Å². The van der Waals surface area contributed by atoms with Crippen LogP contribution in [0.5, 0.6) is 0 Å². The lowest BCUT2D eigenvalue weighted by Crippen LogP contribution is -2.47. The van der Waals surface area contributed by atoms with Crippen LogP contribution >= 0.6 is 0 Å². The minimum Gasteiger partial charge on any atom is -0.447 e. The first-order valence-corrected chi connectivity index (χ1v) is 5.90. The van der Waals surface area contributed by atoms with Crippen LogP contribution in [-0.4, -0.2) is 29.5 Å². The Morgan fingerprint density at radius 1 is 1.42 bits per heavy atom. The highest BCUT2D eigenvalue weighted by atomic mass is 19.3. The van der Waals surface area contributed by atoms with Crippen LogP contribution in [0.3, 0.4) is 0 Å². The number of halogens is 2. The number of benzene rings is 1. The highest BCUT2D eigenvalue weighted by molar-refractivity contribution is 5.93. The molecule has 6 heteroatoms. The zero-order valence-electron chi connectivity index (χ0n) is 10.3. The second kappa shape index (κ2) is 4.95. The normalized spacial score (nSPS) is 19.4. The number of hydrogen-bond donors (Lipinski definition) is 0. The average molecular weight is 269 g/mol. The van der Waals surface area contributed by atoms with Crippen LogP contribution in [0.25, 0.3) is 0 Å². The summed E-state index contributed by atoms with van der Waals surface area (Å²) in [6.07, 6.45) is -1.04. The molecule has 0 spiro atoms. The Kier molecular flexibility index (Phi) is 3.50. The fraction of sp³-hybridized carbons (Fsp3) is 0.385. The molecule has 0 N–H and O–H groups in total. The third kappa shape index (κ3) is 2.30. The van der Waals surface area contributed by atoms with Crippen molar-refractivity contribution >= 4 is 12.0 Å². The minimum absolute atomic E-state index is 0.0313. The molecule has 2 rings (SSSR count). The van der Waals surface area contributed by atoms with Gasteiger partial charge < -0.3 is 4.74 Å². The highest BCUT2D eigenvalue weighted by Gasteiger charge is 2.53. The smallest absolute Gasteiger partial charge is 0.417 e. The number of rotatable bonds is 3. The number of cyclic esters (lactones) is 1. The van der Waals surface area contributed by atoms with E-state index in [2.05, 4.69) is 4.74 Å². The van der Waals surface area contributed by atoms with E-state index in [-0.39, 0.29) is 12.0 Å². The molecular formula is C13H13F2NO3. The van der Waals surface area contributed by atoms with Gasteiger partial charge in [-0.25, -0.2) is 9.69 Å². The minimum atomic E-state index is -3.34. The van der Waals surface area contributed by atoms with E-state index in [1.54, 1.807) is 6.07 Å². The van der Waals surface area contributed by atoms with Gasteiger partial charge in [0.15, 0.2) is 0 Å². The van der Waals surface area contributed by atoms with Crippen molar-refractivity contribution in [2.45, 2.75) is 25.3 Å². The summed E-state index contributed by atoms with van der Waals surface area (Å²) in [6.45, 7) is 1.01. The van der Waals surface area contributed by atoms with Gasteiger partial charge >= 0.3 is 6.09 Å². The van der Waals surface area contributed by atoms with Gasteiger partial charge in [0.05, 0.1) is 0 Å². The van der Waals surface area contributed by atoms with Gasteiger partial charge in [-0.2, -0.15) is 8.78 Å². The van der Waals surface area contributed by atoms with Crippen molar-refractivity contribution in [1.82, 2.24) is 4.90 Å². The number of amides is 2. The molecule has 1 fully saturated rings. The summed E-state index contributed by atoms with van der Waals surface area (Å²) in [5, 5.41) is 0. The summed E-state index contributed by atoms with van der Waals surface area (Å²) >= 11 is 0. The number of ether oxygens (including phenoxy) is 1. The molecule has 0 saturated carbocycles. The molecule has 0 radical (unpaired) electrons. The summed E-state index contributed by atoms with van der Waals surface area (Å²) < 4.78 is 33.3. The molecule has 1 saturated heterocycles. The summed E-state index contributed by atoms with van der Waals surface area (Å²) in [5.41, 5.74) is -0.243. The molecule has 0 aliphatic carbocycles. The lowest BCUT2D eigenvalue weighted by molar-refractivity contribution is -0.137. The predicted octanol–water partition coefficient (Wildman–Crippen LogP) is 2.54. The Bertz CT molecular complexity index is 490. The standard InChI is InChI=1S/C13H13F2NO3/c1-2-11(17)16-10(8-19-12(16)18)13(14,15)9-6-4-3-5-7-9/h3-7,10H,2,8H2,1H3/t10-/m1/s1. The molecule has 0 aromatic heterocycles. The predicted molar refractivity (Wildman–Crippen MR) is 62.6 cm³/mol. The number of carbonyl (C=O) groups is 2. The van der Waals surface area contributed by atoms with Gasteiger partial charge in [-0.15, -0.1) is 0 Å². The van der Waals surface area contributed by atoms with Crippen LogP contribution in [0, 0.1) is 0 Å². The number of hydrogen-bond acceptors (Lipinski definition) is 3. The average Bonchev–Trinajstić information content (AvgIpc) is 2.81. The van der Waals surface area contributed by atoms with E-state index in [0.29, 0.717) is 4.90 Å². The van der Waals surface area contributed by atoms with Crippen LogP contribution in [0.1, 0.15) is 18.9 Å². The summed E-state index contributed by atoms with van der Waals surface area (Å²) in [7, 11) is 0. The Balaban J connectivity index is 2.34. The molecule has 1 aromatic carbocycles. The van der Waals surface area contributed by atoms with Crippen molar-refractivity contribution in [1.29, 1.82) is 0 Å². The topological polar surface area (TPSA) is 46.6 Å². The van der Waals surface area contributed by atoms with Crippen molar-refractivity contribution in [2.75, 3.05) is 6.61 Å². The molecule has 1 atom stereocenters. The molecule has 19 heavy (non-hydrogen) atoms. The van der Waals surface area contributed by atoms with Crippen LogP contribution in [0.2, 0.25) is 0 Å². The molecule has 4 nitrogen and oxygen atoms in total. The van der Waals surface area contributed by atoms with Crippen molar-refractivity contribution < 1.29 is 23.1 Å². The Hall–Kier alpha value is -1.98. The number of nitrogens with zero attached hydrogens (tertiary/aromatic N) is 1. The Morgan fingerprint density at radius 2 is 2.05 bits per heavy atom. The molecule has 2 amide bonds. The first-order chi connectivity index (χ1) is 8.98. The fourth-order valence-electron chi connectivity index (χ4n) is 1.99. The number of alkyl halides is 2. The van der Waals surface area contributed by atoms with E-state index in [1.807, 2.05) is 0 Å². The fourth-order valence-corrected chi connectivity index (χ4v) is 1.99. The van der Waals surface area contributed by atoms with Crippen molar-refractivity contribution in [2.24, 2.45) is 0 Å². The maximum absolute atomic E-state index is 14.4. The van der Waals surface area contributed by atoms with Crippen LogP contribution in [0.15, 0.2) is 30.3 Å². The SMILES string of the molecule is CCC(=O)N1C(=O)OC[C@@H]1C(F)(F)c1ccccc1. The lowest BCUT2D eigenvalue weighted by Gasteiger charge is -2.27. The quantitative estimate of drug-likeness (QED) is 0.847. The lowest BCUT2D eigenvalue weighted by atomic mass is 10.0. The molecule has 0 unspecified atom stereocenters. The van der Waals surface area contributed by atoms with Crippen LogP contribution in [-0.2, 0) is 15.5 Å². The van der Waals surface area contributed by atoms with E-state index in [4.69, 9.17) is 0 Å². The third-order valence-corrected chi connectivity index (χ3v) is 3.02. The molecule has 1 aliphatic heterocycles. The second-order valence-electron chi connectivity index (χ2n) is 4.20. The van der Waals surface area contributed by atoms with E-state index in [1.165, 1.54) is 31.2 Å². The Morgan fingerprint density at radius 3 is 2.63 bits per heavy atom. The molecule has 1 heterocycles. The van der Waals surface area contributed by atoms with Crippen LogP contribution in [0.4, 0.5) is 13.6 Å². The second-order valence-corrected chi connectivity index (χ2v) is 4.20. The molecule has 1 aromatic rings. The van der Waals surface area contributed by atoms with Gasteiger partial charge in [0.25, 0.3) is 5.92 Å². The number of imide groups is 1. The van der Waals surface area contributed by atoms with Gasteiger partial charge in [-0.1, -0.05) is 37.3 Å². The van der Waals surface area contributed by atoms with E-state index >= 15 is 0 Å². The largest absolute Gasteiger partial charge is 0.447 e. The summed E-state index contributed by atoms with van der Waals surface area (Å²) in [6, 6.07) is 5.51. The maximum atomic E-state index is 14.4. The zero-order chi connectivity index (χ0) is 14.0.